The number of rotatable bonds is 5. The molecule has 0 spiro atoms. The molecular weight excluding hydrogens is 269 g/mol. The van der Waals surface area contributed by atoms with Crippen molar-refractivity contribution in [3.05, 3.63) is 0 Å². The molecule has 3 N–H and O–H groups in total. The lowest BCUT2D eigenvalue weighted by Gasteiger charge is -2.37. The van der Waals surface area contributed by atoms with Gasteiger partial charge in [-0.1, -0.05) is 26.7 Å². The summed E-state index contributed by atoms with van der Waals surface area (Å²) in [6.07, 6.45) is -1.48. The molecule has 118 valence electrons. The van der Waals surface area contributed by atoms with Crippen molar-refractivity contribution in [2.45, 2.75) is 64.1 Å². The average Bonchev–Trinajstić information content (AvgIpc) is 2.44. The number of alkyl halides is 3. The number of hydrogen-bond acceptors (Lipinski definition) is 2. The number of amides is 1. The number of carbonyl (C=O) groups is 1. The van der Waals surface area contributed by atoms with Crippen molar-refractivity contribution >= 4 is 5.91 Å². The molecule has 3 nitrogen and oxygen atoms in total. The van der Waals surface area contributed by atoms with Gasteiger partial charge in [-0.15, -0.1) is 0 Å². The maximum absolute atomic E-state index is 13.0. The van der Waals surface area contributed by atoms with Crippen LogP contribution in [0.1, 0.15) is 52.4 Å². The molecule has 1 rings (SSSR count). The van der Waals surface area contributed by atoms with E-state index in [1.165, 1.54) is 0 Å². The molecule has 6 heteroatoms. The van der Waals surface area contributed by atoms with Crippen molar-refractivity contribution in [2.75, 3.05) is 6.54 Å². The van der Waals surface area contributed by atoms with Crippen molar-refractivity contribution in [2.24, 2.45) is 17.6 Å². The first-order chi connectivity index (χ1) is 9.29. The molecule has 1 amide bonds. The standard InChI is InChI=1S/C14H25F3N2O/c1-3-13(4-2,9-18)19-12(20)10-7-5-6-8-11(10)14(15,16)17/h10-11H,3-9,18H2,1-2H3,(H,19,20). The summed E-state index contributed by atoms with van der Waals surface area (Å²) >= 11 is 0. The Kier molecular flexibility index (Phi) is 5.86. The van der Waals surface area contributed by atoms with Crippen LogP contribution in [0.4, 0.5) is 13.2 Å². The second-order valence-corrected chi connectivity index (χ2v) is 5.72. The molecule has 0 aliphatic heterocycles. The second kappa shape index (κ2) is 6.78. The molecular formula is C14H25F3N2O. The van der Waals surface area contributed by atoms with E-state index in [1.54, 1.807) is 0 Å². The molecule has 1 aliphatic rings. The minimum absolute atomic E-state index is 0.0511. The van der Waals surface area contributed by atoms with Crippen LogP contribution in [-0.4, -0.2) is 24.2 Å². The molecule has 2 atom stereocenters. The Labute approximate surface area is 118 Å². The fraction of sp³-hybridized carbons (Fsp3) is 0.929. The lowest BCUT2D eigenvalue weighted by molar-refractivity contribution is -0.198. The van der Waals surface area contributed by atoms with Gasteiger partial charge in [0.2, 0.25) is 5.91 Å². The third kappa shape index (κ3) is 3.87. The van der Waals surface area contributed by atoms with Crippen LogP contribution in [0, 0.1) is 11.8 Å². The van der Waals surface area contributed by atoms with Crippen LogP contribution in [0.3, 0.4) is 0 Å². The van der Waals surface area contributed by atoms with E-state index in [0.717, 1.165) is 0 Å². The summed E-state index contributed by atoms with van der Waals surface area (Å²) in [6, 6.07) is 0. The molecule has 0 saturated heterocycles. The second-order valence-electron chi connectivity index (χ2n) is 5.72. The van der Waals surface area contributed by atoms with Crippen molar-refractivity contribution in [3.63, 3.8) is 0 Å². The fourth-order valence-electron chi connectivity index (χ4n) is 2.96. The Morgan fingerprint density at radius 1 is 1.20 bits per heavy atom. The van der Waals surface area contributed by atoms with E-state index in [-0.39, 0.29) is 13.0 Å². The van der Waals surface area contributed by atoms with Gasteiger partial charge in [-0.2, -0.15) is 13.2 Å². The first-order valence-electron chi connectivity index (χ1n) is 7.38. The van der Waals surface area contributed by atoms with Gasteiger partial charge >= 0.3 is 6.18 Å². The van der Waals surface area contributed by atoms with Gasteiger partial charge in [-0.3, -0.25) is 4.79 Å². The monoisotopic (exact) mass is 294 g/mol. The number of hydrogen-bond donors (Lipinski definition) is 2. The Hall–Kier alpha value is -0.780. The molecule has 2 unspecified atom stereocenters. The topological polar surface area (TPSA) is 55.1 Å². The van der Waals surface area contributed by atoms with Crippen LogP contribution in [0.2, 0.25) is 0 Å². The third-order valence-corrected chi connectivity index (χ3v) is 4.66. The highest BCUT2D eigenvalue weighted by Gasteiger charge is 2.48. The lowest BCUT2D eigenvalue weighted by atomic mass is 9.77. The smallest absolute Gasteiger partial charge is 0.349 e. The molecule has 1 saturated carbocycles. The fourth-order valence-corrected chi connectivity index (χ4v) is 2.96. The van der Waals surface area contributed by atoms with E-state index in [2.05, 4.69) is 5.32 Å². The Morgan fingerprint density at radius 3 is 2.20 bits per heavy atom. The molecule has 0 aromatic carbocycles. The van der Waals surface area contributed by atoms with Crippen LogP contribution >= 0.6 is 0 Å². The van der Waals surface area contributed by atoms with E-state index >= 15 is 0 Å². The van der Waals surface area contributed by atoms with Crippen molar-refractivity contribution in [1.82, 2.24) is 5.32 Å². The minimum atomic E-state index is -4.30. The summed E-state index contributed by atoms with van der Waals surface area (Å²) in [5.74, 6) is -2.96. The van der Waals surface area contributed by atoms with E-state index < -0.39 is 29.5 Å². The van der Waals surface area contributed by atoms with Crippen molar-refractivity contribution < 1.29 is 18.0 Å². The van der Waals surface area contributed by atoms with Gasteiger partial charge in [0.15, 0.2) is 0 Å². The summed E-state index contributed by atoms with van der Waals surface area (Å²) in [7, 11) is 0. The SMILES string of the molecule is CCC(CC)(CN)NC(=O)C1CCCCC1C(F)(F)F. The Balaban J connectivity index is 2.83. The maximum Gasteiger partial charge on any atom is 0.392 e. The van der Waals surface area contributed by atoms with Gasteiger partial charge in [0.05, 0.1) is 11.5 Å². The molecule has 1 fully saturated rings. The first kappa shape index (κ1) is 17.3. The van der Waals surface area contributed by atoms with Gasteiger partial charge in [-0.25, -0.2) is 0 Å². The van der Waals surface area contributed by atoms with E-state index in [9.17, 15) is 18.0 Å². The molecule has 0 bridgehead atoms. The predicted molar refractivity (Wildman–Crippen MR) is 72.0 cm³/mol. The number of nitrogens with one attached hydrogen (secondary N) is 1. The highest BCUT2D eigenvalue weighted by molar-refractivity contribution is 5.80. The third-order valence-electron chi connectivity index (χ3n) is 4.66. The maximum atomic E-state index is 13.0. The number of carbonyl (C=O) groups excluding carboxylic acids is 1. The van der Waals surface area contributed by atoms with Crippen molar-refractivity contribution in [1.29, 1.82) is 0 Å². The van der Waals surface area contributed by atoms with Crippen molar-refractivity contribution in [3.8, 4) is 0 Å². The normalized spacial score (nSPS) is 24.5. The zero-order valence-electron chi connectivity index (χ0n) is 12.2. The zero-order chi connectivity index (χ0) is 15.4. The largest absolute Gasteiger partial charge is 0.392 e. The molecule has 0 heterocycles. The highest BCUT2D eigenvalue weighted by Crippen LogP contribution is 2.41. The van der Waals surface area contributed by atoms with Crippen LogP contribution in [0.25, 0.3) is 0 Å². The van der Waals surface area contributed by atoms with E-state index in [1.807, 2.05) is 13.8 Å². The predicted octanol–water partition coefficient (Wildman–Crippen LogP) is 2.99. The Bertz CT molecular complexity index is 319. The summed E-state index contributed by atoms with van der Waals surface area (Å²) in [6.45, 7) is 4.02. The first-order valence-corrected chi connectivity index (χ1v) is 7.38. The summed E-state index contributed by atoms with van der Waals surface area (Å²) in [4.78, 5) is 12.3. The van der Waals surface area contributed by atoms with E-state index in [4.69, 9.17) is 5.73 Å². The minimum Gasteiger partial charge on any atom is -0.349 e. The molecule has 0 aromatic heterocycles. The van der Waals surface area contributed by atoms with Crippen LogP contribution in [0.5, 0.6) is 0 Å². The zero-order valence-corrected chi connectivity index (χ0v) is 12.2. The highest BCUT2D eigenvalue weighted by atomic mass is 19.4. The van der Waals surface area contributed by atoms with Gasteiger partial charge in [0.1, 0.15) is 0 Å². The van der Waals surface area contributed by atoms with Crippen LogP contribution < -0.4 is 11.1 Å². The van der Waals surface area contributed by atoms with Gasteiger partial charge in [-0.05, 0) is 25.7 Å². The Morgan fingerprint density at radius 2 is 1.75 bits per heavy atom. The van der Waals surface area contributed by atoms with Crippen LogP contribution in [-0.2, 0) is 4.79 Å². The summed E-state index contributed by atoms with van der Waals surface area (Å²) in [5, 5.41) is 2.79. The average molecular weight is 294 g/mol. The summed E-state index contributed by atoms with van der Waals surface area (Å²) < 4.78 is 39.1. The quantitative estimate of drug-likeness (QED) is 0.819. The summed E-state index contributed by atoms with van der Waals surface area (Å²) in [5.41, 5.74) is 5.11. The van der Waals surface area contributed by atoms with Crippen LogP contribution in [0.15, 0.2) is 0 Å². The number of halogens is 3. The molecule has 0 aromatic rings. The number of nitrogens with two attached hydrogens (primary N) is 1. The van der Waals surface area contributed by atoms with Gasteiger partial charge in [0, 0.05) is 12.5 Å². The lowest BCUT2D eigenvalue weighted by Crippen LogP contribution is -2.56. The molecule has 1 aliphatic carbocycles. The van der Waals surface area contributed by atoms with Gasteiger partial charge < -0.3 is 11.1 Å². The molecule has 20 heavy (non-hydrogen) atoms. The molecule has 0 radical (unpaired) electrons. The van der Waals surface area contributed by atoms with Gasteiger partial charge in [0.25, 0.3) is 0 Å². The van der Waals surface area contributed by atoms with E-state index in [0.29, 0.717) is 32.1 Å².